The van der Waals surface area contributed by atoms with Gasteiger partial charge in [-0.2, -0.15) is 8.68 Å². The van der Waals surface area contributed by atoms with Crippen molar-refractivity contribution in [3.63, 3.8) is 0 Å². The highest BCUT2D eigenvalue weighted by Gasteiger charge is 2.27. The number of hydrogen-bond acceptors (Lipinski definition) is 7. The average molecular weight is 431 g/mol. The summed E-state index contributed by atoms with van der Waals surface area (Å²) in [5.74, 6) is 2.05. The third-order valence-corrected chi connectivity index (χ3v) is 7.43. The van der Waals surface area contributed by atoms with E-state index in [0.717, 1.165) is 22.3 Å². The Bertz CT molecular complexity index is 851. The van der Waals surface area contributed by atoms with Crippen LogP contribution in [-0.2, 0) is 16.4 Å². The second-order valence-corrected chi connectivity index (χ2v) is 9.46. The van der Waals surface area contributed by atoms with Crippen molar-refractivity contribution in [2.75, 3.05) is 49.8 Å². The normalized spacial score (nSPS) is 15.9. The van der Waals surface area contributed by atoms with Gasteiger partial charge in [0.15, 0.2) is 0 Å². The summed E-state index contributed by atoms with van der Waals surface area (Å²) in [4.78, 5) is 6.73. The van der Waals surface area contributed by atoms with Crippen molar-refractivity contribution in [1.82, 2.24) is 13.7 Å². The van der Waals surface area contributed by atoms with Crippen LogP contribution in [0.1, 0.15) is 17.8 Å². The van der Waals surface area contributed by atoms with Crippen LogP contribution in [0.2, 0.25) is 0 Å². The van der Waals surface area contributed by atoms with Gasteiger partial charge < -0.3 is 9.64 Å². The van der Waals surface area contributed by atoms with Crippen molar-refractivity contribution in [2.45, 2.75) is 12.8 Å². The van der Waals surface area contributed by atoms with Crippen LogP contribution >= 0.6 is 23.1 Å². The van der Waals surface area contributed by atoms with E-state index in [-0.39, 0.29) is 5.75 Å². The van der Waals surface area contributed by atoms with Crippen molar-refractivity contribution in [1.29, 1.82) is 0 Å². The summed E-state index contributed by atoms with van der Waals surface area (Å²) in [5, 5.41) is 0.839. The molecule has 1 fully saturated rings. The first kappa shape index (κ1) is 20.3. The molecule has 0 N–H and O–H groups in total. The Morgan fingerprint density at radius 2 is 2.04 bits per heavy atom. The molecule has 0 spiro atoms. The maximum atomic E-state index is 12.3. The van der Waals surface area contributed by atoms with E-state index < -0.39 is 10.0 Å². The summed E-state index contributed by atoms with van der Waals surface area (Å²) < 4.78 is 35.8. The fourth-order valence-electron chi connectivity index (χ4n) is 2.93. The van der Waals surface area contributed by atoms with Gasteiger partial charge in [-0.3, -0.25) is 0 Å². The molecule has 27 heavy (non-hydrogen) atoms. The number of nitrogens with zero attached hydrogens (tertiary/aromatic N) is 4. The van der Waals surface area contributed by atoms with Crippen molar-refractivity contribution in [3.8, 4) is 5.75 Å². The molecule has 0 saturated carbocycles. The number of benzene rings is 1. The van der Waals surface area contributed by atoms with Crippen LogP contribution in [-0.4, -0.2) is 67.0 Å². The molecular formula is C17H23ClN4O3S2. The molecule has 1 saturated heterocycles. The second kappa shape index (κ2) is 9.18. The zero-order chi connectivity index (χ0) is 19.3. The number of alkyl halides is 1. The van der Waals surface area contributed by atoms with Gasteiger partial charge in [0.05, 0.1) is 12.9 Å². The second-order valence-electron chi connectivity index (χ2n) is 6.27. The van der Waals surface area contributed by atoms with Gasteiger partial charge >= 0.3 is 0 Å². The number of anilines is 1. The van der Waals surface area contributed by atoms with Gasteiger partial charge in [0, 0.05) is 50.0 Å². The minimum atomic E-state index is -3.22. The monoisotopic (exact) mass is 430 g/mol. The van der Waals surface area contributed by atoms with Gasteiger partial charge in [0.25, 0.3) is 0 Å². The third kappa shape index (κ3) is 5.31. The van der Waals surface area contributed by atoms with E-state index in [0.29, 0.717) is 44.9 Å². The first-order chi connectivity index (χ1) is 13.0. The lowest BCUT2D eigenvalue weighted by Crippen LogP contribution is -2.49. The summed E-state index contributed by atoms with van der Waals surface area (Å²) in [5.41, 5.74) is 1.09. The zero-order valence-corrected chi connectivity index (χ0v) is 17.6. The Kier molecular flexibility index (Phi) is 6.91. The van der Waals surface area contributed by atoms with Crippen molar-refractivity contribution < 1.29 is 13.2 Å². The van der Waals surface area contributed by atoms with Gasteiger partial charge in [0.1, 0.15) is 11.6 Å². The maximum Gasteiger partial charge on any atom is 0.214 e. The number of hydrogen-bond donors (Lipinski definition) is 0. The first-order valence-corrected chi connectivity index (χ1v) is 11.7. The van der Waals surface area contributed by atoms with Gasteiger partial charge in [-0.15, -0.1) is 11.6 Å². The van der Waals surface area contributed by atoms with Crippen LogP contribution < -0.4 is 9.64 Å². The molecule has 148 valence electrons. The van der Waals surface area contributed by atoms with Gasteiger partial charge in [0.2, 0.25) is 15.2 Å². The smallest absolute Gasteiger partial charge is 0.214 e. The molecule has 1 aromatic heterocycles. The van der Waals surface area contributed by atoms with E-state index in [1.165, 1.54) is 11.5 Å². The summed E-state index contributed by atoms with van der Waals surface area (Å²) >= 11 is 6.97. The van der Waals surface area contributed by atoms with E-state index >= 15 is 0 Å². The number of rotatable bonds is 8. The Morgan fingerprint density at radius 3 is 2.74 bits per heavy atom. The number of piperazine rings is 1. The molecule has 2 heterocycles. The Balaban J connectivity index is 1.58. The predicted molar refractivity (Wildman–Crippen MR) is 109 cm³/mol. The lowest BCUT2D eigenvalue weighted by molar-refractivity contribution is 0.384. The molecule has 0 amide bonds. The highest BCUT2D eigenvalue weighted by atomic mass is 35.5. The van der Waals surface area contributed by atoms with Crippen LogP contribution in [0, 0.1) is 0 Å². The standard InChI is InChI=1S/C17H23ClN4O3S2/c1-25-15-5-2-4-14(12-15)13-16-19-17(26-20-16)21-7-9-22(10-8-21)27(23,24)11-3-6-18/h2,4-5,12H,3,6-11,13H2,1H3. The highest BCUT2D eigenvalue weighted by molar-refractivity contribution is 7.89. The highest BCUT2D eigenvalue weighted by Crippen LogP contribution is 2.22. The van der Waals surface area contributed by atoms with Gasteiger partial charge in [-0.25, -0.2) is 13.4 Å². The number of ether oxygens (including phenoxy) is 1. The average Bonchev–Trinajstić information content (AvgIpc) is 3.15. The topological polar surface area (TPSA) is 75.6 Å². The number of methoxy groups -OCH3 is 1. The molecule has 7 nitrogen and oxygen atoms in total. The first-order valence-electron chi connectivity index (χ1n) is 8.76. The minimum Gasteiger partial charge on any atom is -0.497 e. The summed E-state index contributed by atoms with van der Waals surface area (Å²) in [6.07, 6.45) is 1.12. The molecule has 1 aromatic carbocycles. The Labute approximate surface area is 169 Å². The lowest BCUT2D eigenvalue weighted by Gasteiger charge is -2.33. The quantitative estimate of drug-likeness (QED) is 0.598. The largest absolute Gasteiger partial charge is 0.497 e. The molecule has 10 heteroatoms. The minimum absolute atomic E-state index is 0.111. The van der Waals surface area contributed by atoms with E-state index in [2.05, 4.69) is 14.3 Å². The van der Waals surface area contributed by atoms with E-state index in [9.17, 15) is 8.42 Å². The van der Waals surface area contributed by atoms with Gasteiger partial charge in [-0.05, 0) is 24.1 Å². The van der Waals surface area contributed by atoms with E-state index in [1.54, 1.807) is 11.4 Å². The molecule has 0 bridgehead atoms. The maximum absolute atomic E-state index is 12.3. The predicted octanol–water partition coefficient (Wildman–Crippen LogP) is 2.22. The fourth-order valence-corrected chi connectivity index (χ4v) is 5.45. The van der Waals surface area contributed by atoms with Gasteiger partial charge in [-0.1, -0.05) is 12.1 Å². The third-order valence-electron chi connectivity index (χ3n) is 4.39. The SMILES string of the molecule is COc1cccc(Cc2nsc(N3CCN(S(=O)(=O)CCCCl)CC3)n2)c1. The molecular weight excluding hydrogens is 408 g/mol. The molecule has 0 aliphatic carbocycles. The lowest BCUT2D eigenvalue weighted by atomic mass is 10.1. The summed E-state index contributed by atoms with van der Waals surface area (Å²) in [6, 6.07) is 7.86. The fraction of sp³-hybridized carbons (Fsp3) is 0.529. The Morgan fingerprint density at radius 1 is 1.26 bits per heavy atom. The Hall–Kier alpha value is -1.42. The van der Waals surface area contributed by atoms with Crippen molar-refractivity contribution in [2.24, 2.45) is 0 Å². The molecule has 0 radical (unpaired) electrons. The molecule has 2 aromatic rings. The molecule has 3 rings (SSSR count). The summed E-state index contributed by atoms with van der Waals surface area (Å²) in [6.45, 7) is 2.17. The molecule has 0 unspecified atom stereocenters. The molecule has 0 atom stereocenters. The van der Waals surface area contributed by atoms with E-state index in [1.807, 2.05) is 24.3 Å². The van der Waals surface area contributed by atoms with Crippen molar-refractivity contribution in [3.05, 3.63) is 35.7 Å². The van der Waals surface area contributed by atoms with Crippen LogP contribution in [0.3, 0.4) is 0 Å². The van der Waals surface area contributed by atoms with E-state index in [4.69, 9.17) is 16.3 Å². The van der Waals surface area contributed by atoms with Crippen LogP contribution in [0.25, 0.3) is 0 Å². The molecule has 1 aliphatic heterocycles. The summed E-state index contributed by atoms with van der Waals surface area (Å²) in [7, 11) is -1.57. The van der Waals surface area contributed by atoms with Crippen LogP contribution in [0.4, 0.5) is 5.13 Å². The number of aromatic nitrogens is 2. The van der Waals surface area contributed by atoms with Crippen molar-refractivity contribution >= 4 is 38.3 Å². The van der Waals surface area contributed by atoms with Crippen LogP contribution in [0.5, 0.6) is 5.75 Å². The number of halogens is 1. The number of sulfonamides is 1. The van der Waals surface area contributed by atoms with Crippen LogP contribution in [0.15, 0.2) is 24.3 Å². The molecule has 1 aliphatic rings. The zero-order valence-electron chi connectivity index (χ0n) is 15.2.